The Hall–Kier alpha value is -0.900. The molecule has 0 aromatic heterocycles. The first-order valence-corrected chi connectivity index (χ1v) is 7.84. The van der Waals surface area contributed by atoms with Gasteiger partial charge in [-0.25, -0.2) is 0 Å². The third kappa shape index (κ3) is 8.86. The first kappa shape index (κ1) is 18.1. The topological polar surface area (TPSA) is 32.7 Å². The molecule has 0 aliphatic heterocycles. The molecular formula is C18H31NO2. The SMILES string of the molecule is CC(C)CN(Cc1ccccc1)C[C@H](O)COC(C)(C)C. The second kappa shape index (κ2) is 8.52. The van der Waals surface area contributed by atoms with Crippen LogP contribution < -0.4 is 0 Å². The number of ether oxygens (including phenoxy) is 1. The predicted octanol–water partition coefficient (Wildman–Crippen LogP) is 3.32. The van der Waals surface area contributed by atoms with Gasteiger partial charge in [0.05, 0.1) is 18.3 Å². The van der Waals surface area contributed by atoms with E-state index in [9.17, 15) is 5.11 Å². The molecule has 0 amide bonds. The Morgan fingerprint density at radius 3 is 2.24 bits per heavy atom. The highest BCUT2D eigenvalue weighted by Crippen LogP contribution is 2.11. The van der Waals surface area contributed by atoms with Crippen LogP contribution in [-0.2, 0) is 11.3 Å². The summed E-state index contributed by atoms with van der Waals surface area (Å²) in [4.78, 5) is 2.30. The van der Waals surface area contributed by atoms with Crippen molar-refractivity contribution in [1.29, 1.82) is 0 Å². The average molecular weight is 293 g/mol. The molecule has 3 nitrogen and oxygen atoms in total. The molecule has 0 saturated heterocycles. The summed E-state index contributed by atoms with van der Waals surface area (Å²) < 4.78 is 5.67. The lowest BCUT2D eigenvalue weighted by atomic mass is 10.1. The molecule has 21 heavy (non-hydrogen) atoms. The molecule has 0 radical (unpaired) electrons. The molecule has 1 aromatic carbocycles. The highest BCUT2D eigenvalue weighted by atomic mass is 16.5. The van der Waals surface area contributed by atoms with Crippen molar-refractivity contribution in [2.75, 3.05) is 19.7 Å². The van der Waals surface area contributed by atoms with Gasteiger partial charge in [-0.1, -0.05) is 44.2 Å². The Morgan fingerprint density at radius 1 is 1.10 bits per heavy atom. The molecule has 0 unspecified atom stereocenters. The Bertz CT molecular complexity index is 384. The van der Waals surface area contributed by atoms with Gasteiger partial charge in [-0.05, 0) is 32.3 Å². The van der Waals surface area contributed by atoms with Crippen molar-refractivity contribution < 1.29 is 9.84 Å². The van der Waals surface area contributed by atoms with Crippen LogP contribution in [0.25, 0.3) is 0 Å². The molecule has 1 N–H and O–H groups in total. The minimum atomic E-state index is -0.452. The second-order valence-corrected chi connectivity index (χ2v) is 7.15. The van der Waals surface area contributed by atoms with Crippen LogP contribution in [0.4, 0.5) is 0 Å². The minimum Gasteiger partial charge on any atom is -0.389 e. The molecule has 0 fully saturated rings. The summed E-state index contributed by atoms with van der Waals surface area (Å²) in [5.41, 5.74) is 1.07. The van der Waals surface area contributed by atoms with Crippen molar-refractivity contribution in [2.24, 2.45) is 5.92 Å². The summed E-state index contributed by atoms with van der Waals surface area (Å²) >= 11 is 0. The van der Waals surface area contributed by atoms with Crippen molar-refractivity contribution in [3.05, 3.63) is 35.9 Å². The lowest BCUT2D eigenvalue weighted by Gasteiger charge is -2.28. The zero-order chi connectivity index (χ0) is 15.9. The predicted molar refractivity (Wildman–Crippen MR) is 88.3 cm³/mol. The molecule has 0 aliphatic rings. The van der Waals surface area contributed by atoms with Gasteiger partial charge in [0.1, 0.15) is 0 Å². The Balaban J connectivity index is 2.53. The number of hydrogen-bond donors (Lipinski definition) is 1. The highest BCUT2D eigenvalue weighted by molar-refractivity contribution is 5.14. The first-order valence-electron chi connectivity index (χ1n) is 7.84. The van der Waals surface area contributed by atoms with Crippen LogP contribution >= 0.6 is 0 Å². The maximum atomic E-state index is 10.2. The molecule has 0 aliphatic carbocycles. The molecule has 120 valence electrons. The van der Waals surface area contributed by atoms with Crippen molar-refractivity contribution in [3.63, 3.8) is 0 Å². The number of nitrogens with zero attached hydrogens (tertiary/aromatic N) is 1. The zero-order valence-corrected chi connectivity index (χ0v) is 14.2. The normalized spacial score (nSPS) is 13.9. The van der Waals surface area contributed by atoms with E-state index in [1.54, 1.807) is 0 Å². The summed E-state index contributed by atoms with van der Waals surface area (Å²) in [6.07, 6.45) is -0.452. The van der Waals surface area contributed by atoms with Crippen molar-refractivity contribution in [3.8, 4) is 0 Å². The Kier molecular flexibility index (Phi) is 7.36. The molecule has 0 saturated carbocycles. The third-order valence-corrected chi connectivity index (χ3v) is 3.05. The maximum absolute atomic E-state index is 10.2. The van der Waals surface area contributed by atoms with Gasteiger partial charge in [0.25, 0.3) is 0 Å². The summed E-state index contributed by atoms with van der Waals surface area (Å²) in [7, 11) is 0. The van der Waals surface area contributed by atoms with Crippen LogP contribution in [0.15, 0.2) is 30.3 Å². The second-order valence-electron chi connectivity index (χ2n) is 7.15. The van der Waals surface area contributed by atoms with E-state index in [1.807, 2.05) is 26.8 Å². The van der Waals surface area contributed by atoms with Crippen LogP contribution in [0.3, 0.4) is 0 Å². The molecule has 3 heteroatoms. The highest BCUT2D eigenvalue weighted by Gasteiger charge is 2.17. The van der Waals surface area contributed by atoms with Crippen LogP contribution in [-0.4, -0.2) is 41.4 Å². The van der Waals surface area contributed by atoms with E-state index in [0.717, 1.165) is 13.1 Å². The molecule has 1 aromatic rings. The Morgan fingerprint density at radius 2 is 1.71 bits per heavy atom. The van der Waals surface area contributed by atoms with E-state index in [4.69, 9.17) is 4.74 Å². The van der Waals surface area contributed by atoms with E-state index in [0.29, 0.717) is 19.1 Å². The first-order chi connectivity index (χ1) is 9.76. The van der Waals surface area contributed by atoms with Crippen LogP contribution in [0.5, 0.6) is 0 Å². The van der Waals surface area contributed by atoms with E-state index in [1.165, 1.54) is 5.56 Å². The molecule has 0 spiro atoms. The van der Waals surface area contributed by atoms with Gasteiger partial charge in [-0.15, -0.1) is 0 Å². The lowest BCUT2D eigenvalue weighted by Crippen LogP contribution is -2.38. The van der Waals surface area contributed by atoms with Crippen LogP contribution in [0.1, 0.15) is 40.2 Å². The monoisotopic (exact) mass is 293 g/mol. The fraction of sp³-hybridized carbons (Fsp3) is 0.667. The number of hydrogen-bond acceptors (Lipinski definition) is 3. The quantitative estimate of drug-likeness (QED) is 0.798. The Labute approximate surface area is 129 Å². The minimum absolute atomic E-state index is 0.205. The summed E-state index contributed by atoms with van der Waals surface area (Å²) in [6.45, 7) is 13.3. The van der Waals surface area contributed by atoms with E-state index in [-0.39, 0.29) is 5.60 Å². The molecule has 1 atom stereocenters. The smallest absolute Gasteiger partial charge is 0.0900 e. The third-order valence-electron chi connectivity index (χ3n) is 3.05. The fourth-order valence-corrected chi connectivity index (χ4v) is 2.26. The van der Waals surface area contributed by atoms with Crippen molar-refractivity contribution in [1.82, 2.24) is 4.90 Å². The number of rotatable bonds is 8. The van der Waals surface area contributed by atoms with Gasteiger partial charge >= 0.3 is 0 Å². The van der Waals surface area contributed by atoms with Crippen molar-refractivity contribution >= 4 is 0 Å². The number of benzene rings is 1. The summed E-state index contributed by atoms with van der Waals surface area (Å²) in [5, 5.41) is 10.2. The summed E-state index contributed by atoms with van der Waals surface area (Å²) in [6, 6.07) is 10.4. The molecule has 0 heterocycles. The summed E-state index contributed by atoms with van der Waals surface area (Å²) in [5.74, 6) is 0.574. The standard InChI is InChI=1S/C18H31NO2/c1-15(2)11-19(12-16-9-7-6-8-10-16)13-17(20)14-21-18(3,4)5/h6-10,15,17,20H,11-14H2,1-5H3/t17-/m0/s1. The van der Waals surface area contributed by atoms with E-state index >= 15 is 0 Å². The fourth-order valence-electron chi connectivity index (χ4n) is 2.26. The largest absolute Gasteiger partial charge is 0.389 e. The van der Waals surface area contributed by atoms with E-state index < -0.39 is 6.10 Å². The van der Waals surface area contributed by atoms with Gasteiger partial charge in [-0.2, -0.15) is 0 Å². The molecule has 1 rings (SSSR count). The van der Waals surface area contributed by atoms with Gasteiger partial charge in [0.2, 0.25) is 0 Å². The van der Waals surface area contributed by atoms with Gasteiger partial charge < -0.3 is 9.84 Å². The van der Waals surface area contributed by atoms with Gasteiger partial charge in [0, 0.05) is 19.6 Å². The van der Waals surface area contributed by atoms with Gasteiger partial charge in [0.15, 0.2) is 0 Å². The van der Waals surface area contributed by atoms with Gasteiger partial charge in [-0.3, -0.25) is 4.90 Å². The zero-order valence-electron chi connectivity index (χ0n) is 14.2. The van der Waals surface area contributed by atoms with E-state index in [2.05, 4.69) is 43.0 Å². The lowest BCUT2D eigenvalue weighted by molar-refractivity contribution is -0.0573. The van der Waals surface area contributed by atoms with Crippen LogP contribution in [0.2, 0.25) is 0 Å². The number of aliphatic hydroxyl groups is 1. The average Bonchev–Trinajstić information content (AvgIpc) is 2.36. The molecular weight excluding hydrogens is 262 g/mol. The molecule has 0 bridgehead atoms. The maximum Gasteiger partial charge on any atom is 0.0900 e. The number of aliphatic hydroxyl groups excluding tert-OH is 1. The van der Waals surface area contributed by atoms with Crippen LogP contribution in [0, 0.1) is 5.92 Å². The van der Waals surface area contributed by atoms with Crippen molar-refractivity contribution in [2.45, 2.75) is 52.9 Å².